The van der Waals surface area contributed by atoms with E-state index in [1.807, 2.05) is 40.7 Å². The summed E-state index contributed by atoms with van der Waals surface area (Å²) in [7, 11) is 2.96. The molecule has 0 aromatic heterocycles. The fraction of sp³-hybridized carbons (Fsp3) is 0.565. The maximum absolute atomic E-state index is 14.3. The Balaban J connectivity index is 1.46. The fourth-order valence-corrected chi connectivity index (χ4v) is 8.07. The largest absolute Gasteiger partial charge is 0.467 e. The Morgan fingerprint density at radius 3 is 2.02 bits per heavy atom. The molecule has 2 fully saturated rings. The predicted molar refractivity (Wildman–Crippen MR) is 225 cm³/mol. The number of hydrogen-bond acceptors (Lipinski definition) is 8. The summed E-state index contributed by atoms with van der Waals surface area (Å²) in [5, 5.41) is 5.95. The first kappa shape index (κ1) is 45.9. The van der Waals surface area contributed by atoms with E-state index in [0.29, 0.717) is 36.1 Å². The van der Waals surface area contributed by atoms with Crippen LogP contribution in [0.3, 0.4) is 0 Å². The highest BCUT2D eigenvalue weighted by Gasteiger charge is 2.41. The number of ether oxygens (including phenoxy) is 1. The average Bonchev–Trinajstić information content (AvgIpc) is 3.70. The van der Waals surface area contributed by atoms with E-state index in [-0.39, 0.29) is 47.9 Å². The maximum atomic E-state index is 14.3. The SMILES string of the molecule is COC(=O)[C@H](Cc1ccc(C(=O)c2ccccc2)cc1)NC(=O)[C@@H]1CCCN1C(=O)/C(C)=C/[C@H](C(C)C)N(C)C(=O)[C@@H](NC(=O)[C@H]1CCCCN1C(C)C)C(C)(C)C. The number of rotatable bonds is 15. The summed E-state index contributed by atoms with van der Waals surface area (Å²) in [5.74, 6) is -2.00. The van der Waals surface area contributed by atoms with E-state index in [1.54, 1.807) is 73.5 Å². The van der Waals surface area contributed by atoms with Crippen LogP contribution in [0.2, 0.25) is 0 Å². The van der Waals surface area contributed by atoms with E-state index in [4.69, 9.17) is 4.74 Å². The molecule has 2 aliphatic rings. The highest BCUT2D eigenvalue weighted by atomic mass is 16.5. The zero-order valence-electron chi connectivity index (χ0n) is 36.2. The Morgan fingerprint density at radius 2 is 1.43 bits per heavy atom. The molecular formula is C46H65N5O7. The minimum Gasteiger partial charge on any atom is -0.467 e. The van der Waals surface area contributed by atoms with Crippen molar-refractivity contribution < 1.29 is 33.5 Å². The number of piperidine rings is 1. The predicted octanol–water partition coefficient (Wildman–Crippen LogP) is 5.33. The van der Waals surface area contributed by atoms with E-state index in [1.165, 1.54) is 12.0 Å². The molecule has 12 nitrogen and oxygen atoms in total. The first-order valence-electron chi connectivity index (χ1n) is 20.7. The number of methoxy groups -OCH3 is 1. The molecule has 12 heteroatoms. The molecule has 2 saturated heterocycles. The maximum Gasteiger partial charge on any atom is 0.328 e. The van der Waals surface area contributed by atoms with Crippen LogP contribution in [0.5, 0.6) is 0 Å². The summed E-state index contributed by atoms with van der Waals surface area (Å²) in [6, 6.07) is 12.6. The second-order valence-corrected chi connectivity index (χ2v) is 17.5. The lowest BCUT2D eigenvalue weighted by Gasteiger charge is -2.41. The average molecular weight is 800 g/mol. The van der Waals surface area contributed by atoms with E-state index in [2.05, 4.69) is 29.4 Å². The minimum absolute atomic E-state index is 0.0770. The van der Waals surface area contributed by atoms with E-state index in [0.717, 1.165) is 31.4 Å². The Morgan fingerprint density at radius 1 is 0.828 bits per heavy atom. The molecule has 58 heavy (non-hydrogen) atoms. The first-order valence-corrected chi connectivity index (χ1v) is 20.7. The van der Waals surface area contributed by atoms with Gasteiger partial charge in [0.1, 0.15) is 18.1 Å². The number of carbonyl (C=O) groups is 6. The van der Waals surface area contributed by atoms with Crippen molar-refractivity contribution in [2.24, 2.45) is 11.3 Å². The number of ketones is 1. The van der Waals surface area contributed by atoms with Crippen LogP contribution < -0.4 is 10.6 Å². The lowest BCUT2D eigenvalue weighted by molar-refractivity contribution is -0.146. The second-order valence-electron chi connectivity index (χ2n) is 17.5. The van der Waals surface area contributed by atoms with Gasteiger partial charge >= 0.3 is 5.97 Å². The third kappa shape index (κ3) is 11.4. The van der Waals surface area contributed by atoms with Crippen LogP contribution in [0.25, 0.3) is 0 Å². The summed E-state index contributed by atoms with van der Waals surface area (Å²) < 4.78 is 5.04. The summed E-state index contributed by atoms with van der Waals surface area (Å²) in [6.45, 7) is 16.8. The van der Waals surface area contributed by atoms with Crippen molar-refractivity contribution >= 4 is 35.4 Å². The highest BCUT2D eigenvalue weighted by Crippen LogP contribution is 2.27. The molecule has 0 aliphatic carbocycles. The van der Waals surface area contributed by atoms with Crippen LogP contribution in [-0.2, 0) is 35.1 Å². The molecule has 4 rings (SSSR count). The van der Waals surface area contributed by atoms with Gasteiger partial charge in [-0.2, -0.15) is 0 Å². The lowest BCUT2D eigenvalue weighted by atomic mass is 9.84. The van der Waals surface area contributed by atoms with E-state index in [9.17, 15) is 28.8 Å². The van der Waals surface area contributed by atoms with Gasteiger partial charge in [0.25, 0.3) is 0 Å². The molecule has 2 aliphatic heterocycles. The molecule has 0 radical (unpaired) electrons. The van der Waals surface area contributed by atoms with Crippen LogP contribution in [0, 0.1) is 11.3 Å². The van der Waals surface area contributed by atoms with Crippen molar-refractivity contribution in [3.63, 3.8) is 0 Å². The van der Waals surface area contributed by atoms with Gasteiger partial charge in [0, 0.05) is 42.8 Å². The molecule has 2 aromatic rings. The van der Waals surface area contributed by atoms with E-state index >= 15 is 0 Å². The van der Waals surface area contributed by atoms with Crippen molar-refractivity contribution in [1.82, 2.24) is 25.3 Å². The van der Waals surface area contributed by atoms with Gasteiger partial charge in [0.05, 0.1) is 19.2 Å². The molecule has 316 valence electrons. The highest BCUT2D eigenvalue weighted by molar-refractivity contribution is 6.09. The number of likely N-dealkylation sites (tertiary alicyclic amines) is 2. The number of amides is 4. The number of nitrogens with one attached hydrogen (secondary N) is 2. The lowest BCUT2D eigenvalue weighted by Crippen LogP contribution is -2.60. The smallest absolute Gasteiger partial charge is 0.328 e. The van der Waals surface area contributed by atoms with Gasteiger partial charge in [0.15, 0.2) is 5.78 Å². The van der Waals surface area contributed by atoms with Crippen molar-refractivity contribution in [3.05, 3.63) is 82.9 Å². The molecule has 0 unspecified atom stereocenters. The van der Waals surface area contributed by atoms with Crippen LogP contribution in [0.4, 0.5) is 0 Å². The van der Waals surface area contributed by atoms with Crippen LogP contribution >= 0.6 is 0 Å². The van der Waals surface area contributed by atoms with Gasteiger partial charge in [-0.05, 0) is 69.9 Å². The van der Waals surface area contributed by atoms with Crippen molar-refractivity contribution in [1.29, 1.82) is 0 Å². The number of nitrogens with zero attached hydrogens (tertiary/aromatic N) is 3. The van der Waals surface area contributed by atoms with Crippen LogP contribution in [0.15, 0.2) is 66.2 Å². The molecule has 0 saturated carbocycles. The summed E-state index contributed by atoms with van der Waals surface area (Å²) in [5.41, 5.74) is 1.59. The molecule has 4 amide bonds. The number of esters is 1. The minimum atomic E-state index is -1.02. The third-order valence-corrected chi connectivity index (χ3v) is 11.5. The van der Waals surface area contributed by atoms with Gasteiger partial charge in [-0.3, -0.25) is 28.9 Å². The standard InChI is InChI=1S/C46H65N5O7/c1-29(2)38(49(9)44(56)40(46(6,7)8)48-42(54)36-19-14-15-25-50(36)30(3)4)27-31(5)43(55)51-26-16-20-37(51)41(53)47-35(45(57)58-10)28-32-21-23-34(24-22-32)39(52)33-17-12-11-13-18-33/h11-13,17-18,21-24,27,29-30,35-38,40H,14-16,19-20,25-26,28H2,1-10H3,(H,47,53)(H,48,54)/b31-27+/t35-,36+,37-,38+,40+/m0/s1. The second kappa shape index (κ2) is 20.2. The normalized spacial score (nSPS) is 19.3. The van der Waals surface area contributed by atoms with Gasteiger partial charge in [-0.15, -0.1) is 0 Å². The van der Waals surface area contributed by atoms with Crippen LogP contribution in [0.1, 0.15) is 109 Å². The Bertz CT molecular complexity index is 1800. The van der Waals surface area contributed by atoms with Crippen molar-refractivity contribution in [2.45, 2.75) is 130 Å². The molecule has 0 spiro atoms. The summed E-state index contributed by atoms with van der Waals surface area (Å²) >= 11 is 0. The fourth-order valence-electron chi connectivity index (χ4n) is 8.07. The summed E-state index contributed by atoms with van der Waals surface area (Å²) in [6.07, 6.45) is 5.68. The molecular weight excluding hydrogens is 735 g/mol. The summed E-state index contributed by atoms with van der Waals surface area (Å²) in [4.78, 5) is 87.1. The quantitative estimate of drug-likeness (QED) is 0.140. The Kier molecular flexibility index (Phi) is 16.0. The van der Waals surface area contributed by atoms with Crippen molar-refractivity contribution in [2.75, 3.05) is 27.2 Å². The zero-order chi connectivity index (χ0) is 42.9. The number of benzene rings is 2. The van der Waals surface area contributed by atoms with Gasteiger partial charge in [-0.1, -0.05) is 102 Å². The number of hydrogen-bond donors (Lipinski definition) is 2. The third-order valence-electron chi connectivity index (χ3n) is 11.5. The van der Waals surface area contributed by atoms with E-state index < -0.39 is 41.5 Å². The molecule has 0 bridgehead atoms. The number of carbonyl (C=O) groups excluding carboxylic acids is 6. The molecule has 2 N–H and O–H groups in total. The van der Waals surface area contributed by atoms with Gasteiger partial charge < -0.3 is 25.2 Å². The first-order chi connectivity index (χ1) is 27.3. The molecule has 5 atom stereocenters. The van der Waals surface area contributed by atoms with Gasteiger partial charge in [-0.25, -0.2) is 4.79 Å². The topological polar surface area (TPSA) is 145 Å². The number of likely N-dealkylation sites (N-methyl/N-ethyl adjacent to an activating group) is 1. The van der Waals surface area contributed by atoms with Crippen LogP contribution in [-0.4, -0.2) is 114 Å². The molecule has 2 aromatic carbocycles. The van der Waals surface area contributed by atoms with Crippen molar-refractivity contribution in [3.8, 4) is 0 Å². The Labute approximate surface area is 345 Å². The monoisotopic (exact) mass is 799 g/mol. The van der Waals surface area contributed by atoms with Gasteiger partial charge in [0.2, 0.25) is 23.6 Å². The molecule has 2 heterocycles. The Hall–Kier alpha value is -4.84. The zero-order valence-corrected chi connectivity index (χ0v) is 36.2.